The summed E-state index contributed by atoms with van der Waals surface area (Å²) >= 11 is 0. The molecule has 2 aromatic carbocycles. The van der Waals surface area contributed by atoms with Crippen LogP contribution in [0, 0.1) is 5.41 Å². The van der Waals surface area contributed by atoms with Crippen LogP contribution in [-0.4, -0.2) is 11.6 Å². The fourth-order valence-electron chi connectivity index (χ4n) is 2.70. The van der Waals surface area contributed by atoms with E-state index in [-0.39, 0.29) is 11.6 Å². The number of rotatable bonds is 8. The van der Waals surface area contributed by atoms with Crippen LogP contribution in [0.15, 0.2) is 77.5 Å². The number of ether oxygens (including phenoxy) is 1. The van der Waals surface area contributed by atoms with E-state index >= 15 is 0 Å². The highest BCUT2D eigenvalue weighted by molar-refractivity contribution is 6.14. The fourth-order valence-corrected chi connectivity index (χ4v) is 2.70. The van der Waals surface area contributed by atoms with Crippen molar-refractivity contribution in [3.8, 4) is 11.5 Å². The summed E-state index contributed by atoms with van der Waals surface area (Å²) in [6.07, 6.45) is 2.98. The molecule has 146 valence electrons. The van der Waals surface area contributed by atoms with Crippen LogP contribution in [-0.2, 0) is 4.79 Å². The Morgan fingerprint density at radius 1 is 1.04 bits per heavy atom. The van der Waals surface area contributed by atoms with Gasteiger partial charge in [0.1, 0.15) is 11.5 Å². The third-order valence-corrected chi connectivity index (χ3v) is 4.35. The molecule has 28 heavy (non-hydrogen) atoms. The number of anilines is 1. The Bertz CT molecular complexity index is 876. The van der Waals surface area contributed by atoms with Gasteiger partial charge in [0.2, 0.25) is 5.91 Å². The van der Waals surface area contributed by atoms with E-state index < -0.39 is 0 Å². The zero-order valence-corrected chi connectivity index (χ0v) is 16.6. The summed E-state index contributed by atoms with van der Waals surface area (Å²) in [5.41, 5.74) is 8.90. The summed E-state index contributed by atoms with van der Waals surface area (Å²) in [5.74, 6) is 1.13. The SMILES string of the molecule is CCC(CC)=C(N)C(=N)/C(C)=C\C(=O)Nc1ccc(Oc2ccccc2)cc1. The number of para-hydroxylation sites is 1. The lowest BCUT2D eigenvalue weighted by molar-refractivity contribution is -0.111. The normalized spacial score (nSPS) is 10.9. The number of allylic oxidation sites excluding steroid dienone is 2. The number of carbonyl (C=O) groups excluding carboxylic acids is 1. The number of hydrogen-bond donors (Lipinski definition) is 3. The lowest BCUT2D eigenvalue weighted by atomic mass is 10.0. The molecule has 2 rings (SSSR count). The molecule has 1 amide bonds. The first-order valence-corrected chi connectivity index (χ1v) is 9.33. The lowest BCUT2D eigenvalue weighted by Crippen LogP contribution is -2.17. The molecule has 0 aliphatic rings. The van der Waals surface area contributed by atoms with E-state index in [0.717, 1.165) is 24.2 Å². The molecule has 2 aromatic rings. The van der Waals surface area contributed by atoms with Crippen molar-refractivity contribution in [1.82, 2.24) is 0 Å². The maximum atomic E-state index is 12.3. The van der Waals surface area contributed by atoms with Gasteiger partial charge in [0.15, 0.2) is 0 Å². The maximum Gasteiger partial charge on any atom is 0.248 e. The summed E-state index contributed by atoms with van der Waals surface area (Å²) in [7, 11) is 0. The smallest absolute Gasteiger partial charge is 0.248 e. The summed E-state index contributed by atoms with van der Waals surface area (Å²) in [5, 5.41) is 11.0. The van der Waals surface area contributed by atoms with Gasteiger partial charge in [-0.15, -0.1) is 0 Å². The van der Waals surface area contributed by atoms with Crippen LogP contribution >= 0.6 is 0 Å². The summed E-state index contributed by atoms with van der Waals surface area (Å²) in [6, 6.07) is 16.6. The minimum Gasteiger partial charge on any atom is -0.457 e. The van der Waals surface area contributed by atoms with Crippen LogP contribution in [0.5, 0.6) is 11.5 Å². The second-order valence-electron chi connectivity index (χ2n) is 6.36. The van der Waals surface area contributed by atoms with Gasteiger partial charge in [0, 0.05) is 11.8 Å². The standard InChI is InChI=1S/C23H27N3O2/c1-4-17(5-2)23(25)22(24)16(3)15-21(27)26-18-11-13-20(14-12-18)28-19-9-7-6-8-10-19/h6-15,24H,4-5,25H2,1-3H3,(H,26,27)/b16-15-,24-22?. The number of amides is 1. The van der Waals surface area contributed by atoms with E-state index in [4.69, 9.17) is 15.9 Å². The molecule has 0 saturated heterocycles. The van der Waals surface area contributed by atoms with Crippen LogP contribution < -0.4 is 15.8 Å². The Kier molecular flexibility index (Phi) is 7.57. The Morgan fingerprint density at radius 2 is 1.61 bits per heavy atom. The summed E-state index contributed by atoms with van der Waals surface area (Å²) in [4.78, 5) is 12.3. The van der Waals surface area contributed by atoms with Gasteiger partial charge in [-0.3, -0.25) is 10.2 Å². The molecule has 4 N–H and O–H groups in total. The fraction of sp³-hybridized carbons (Fsp3) is 0.217. The van der Waals surface area contributed by atoms with Crippen LogP contribution in [0.25, 0.3) is 0 Å². The molecule has 5 heteroatoms. The third kappa shape index (κ3) is 5.84. The van der Waals surface area contributed by atoms with Crippen molar-refractivity contribution in [2.75, 3.05) is 5.32 Å². The second kappa shape index (κ2) is 10.1. The number of nitrogens with two attached hydrogens (primary N) is 1. The highest BCUT2D eigenvalue weighted by atomic mass is 16.5. The highest BCUT2D eigenvalue weighted by Gasteiger charge is 2.10. The van der Waals surface area contributed by atoms with Gasteiger partial charge in [-0.1, -0.05) is 32.0 Å². The van der Waals surface area contributed by atoms with E-state index in [9.17, 15) is 4.79 Å². The maximum absolute atomic E-state index is 12.3. The van der Waals surface area contributed by atoms with E-state index in [1.165, 1.54) is 6.08 Å². The number of nitrogens with one attached hydrogen (secondary N) is 2. The monoisotopic (exact) mass is 377 g/mol. The van der Waals surface area contributed by atoms with Crippen molar-refractivity contribution in [2.24, 2.45) is 5.73 Å². The molecule has 0 heterocycles. The molecule has 0 saturated carbocycles. The third-order valence-electron chi connectivity index (χ3n) is 4.35. The highest BCUT2D eigenvalue weighted by Crippen LogP contribution is 2.22. The predicted octanol–water partition coefficient (Wildman–Crippen LogP) is 5.42. The molecular formula is C23H27N3O2. The molecule has 0 aliphatic heterocycles. The van der Waals surface area contributed by atoms with Gasteiger partial charge in [0.25, 0.3) is 0 Å². The van der Waals surface area contributed by atoms with Crippen LogP contribution in [0.4, 0.5) is 5.69 Å². The van der Waals surface area contributed by atoms with Crippen LogP contribution in [0.3, 0.4) is 0 Å². The molecule has 0 radical (unpaired) electrons. The van der Waals surface area contributed by atoms with Crippen LogP contribution in [0.2, 0.25) is 0 Å². The Morgan fingerprint density at radius 3 is 2.18 bits per heavy atom. The molecule has 0 bridgehead atoms. The Labute approximate surface area is 166 Å². The topological polar surface area (TPSA) is 88.2 Å². The van der Waals surface area contributed by atoms with Crippen molar-refractivity contribution in [3.05, 3.63) is 77.5 Å². The quantitative estimate of drug-likeness (QED) is 0.424. The average Bonchev–Trinajstić information content (AvgIpc) is 2.70. The van der Waals surface area contributed by atoms with Crippen molar-refractivity contribution < 1.29 is 9.53 Å². The number of hydrogen-bond acceptors (Lipinski definition) is 4. The zero-order chi connectivity index (χ0) is 20.5. The largest absolute Gasteiger partial charge is 0.457 e. The second-order valence-corrected chi connectivity index (χ2v) is 6.36. The molecule has 0 spiro atoms. The molecule has 0 fully saturated rings. The lowest BCUT2D eigenvalue weighted by Gasteiger charge is -2.11. The molecule has 0 aromatic heterocycles. The van der Waals surface area contributed by atoms with Crippen molar-refractivity contribution in [1.29, 1.82) is 5.41 Å². The Balaban J connectivity index is 2.01. The van der Waals surface area contributed by atoms with Crippen molar-refractivity contribution in [2.45, 2.75) is 33.6 Å². The molecular weight excluding hydrogens is 350 g/mol. The minimum atomic E-state index is -0.304. The van der Waals surface area contributed by atoms with Crippen molar-refractivity contribution >= 4 is 17.3 Å². The Hall–Kier alpha value is -3.34. The molecule has 0 unspecified atom stereocenters. The predicted molar refractivity (Wildman–Crippen MR) is 115 cm³/mol. The van der Waals surface area contributed by atoms with Gasteiger partial charge >= 0.3 is 0 Å². The van der Waals surface area contributed by atoms with E-state index in [2.05, 4.69) is 5.32 Å². The average molecular weight is 377 g/mol. The number of benzene rings is 2. The van der Waals surface area contributed by atoms with Gasteiger partial charge in [-0.25, -0.2) is 0 Å². The van der Waals surface area contributed by atoms with E-state index in [0.29, 0.717) is 22.7 Å². The molecule has 0 atom stereocenters. The van der Waals surface area contributed by atoms with Crippen molar-refractivity contribution in [3.63, 3.8) is 0 Å². The van der Waals surface area contributed by atoms with Gasteiger partial charge in [-0.05, 0) is 67.3 Å². The van der Waals surface area contributed by atoms with E-state index in [1.54, 1.807) is 31.2 Å². The van der Waals surface area contributed by atoms with Gasteiger partial charge in [-0.2, -0.15) is 0 Å². The van der Waals surface area contributed by atoms with E-state index in [1.807, 2.05) is 44.2 Å². The summed E-state index contributed by atoms with van der Waals surface area (Å²) in [6.45, 7) is 5.74. The molecule has 5 nitrogen and oxygen atoms in total. The van der Waals surface area contributed by atoms with Gasteiger partial charge < -0.3 is 15.8 Å². The molecule has 0 aliphatic carbocycles. The minimum absolute atomic E-state index is 0.195. The zero-order valence-electron chi connectivity index (χ0n) is 16.6. The number of carbonyl (C=O) groups is 1. The first-order chi connectivity index (χ1) is 13.4. The van der Waals surface area contributed by atoms with Crippen LogP contribution in [0.1, 0.15) is 33.6 Å². The summed E-state index contributed by atoms with van der Waals surface area (Å²) < 4.78 is 5.73. The first-order valence-electron chi connectivity index (χ1n) is 9.33. The van der Waals surface area contributed by atoms with Gasteiger partial charge in [0.05, 0.1) is 11.4 Å². The first kappa shape index (κ1) is 21.0.